The van der Waals surface area contributed by atoms with Gasteiger partial charge >= 0.3 is 10.2 Å². The van der Waals surface area contributed by atoms with Gasteiger partial charge in [0.25, 0.3) is 0 Å². The average Bonchev–Trinajstić information content (AvgIpc) is 2.60. The molecular formula is C18H31N3O3S. The molecule has 1 N–H and O–H groups in total. The van der Waals surface area contributed by atoms with Crippen LogP contribution in [-0.2, 0) is 15.0 Å². The molecule has 1 atom stereocenters. The Morgan fingerprint density at radius 2 is 1.80 bits per heavy atom. The van der Waals surface area contributed by atoms with Crippen molar-refractivity contribution in [2.75, 3.05) is 31.5 Å². The van der Waals surface area contributed by atoms with Crippen LogP contribution in [0.15, 0.2) is 30.3 Å². The molecule has 0 bridgehead atoms. The minimum atomic E-state index is -3.74. The highest BCUT2D eigenvalue weighted by Gasteiger charge is 2.27. The highest BCUT2D eigenvalue weighted by atomic mass is 32.2. The van der Waals surface area contributed by atoms with E-state index in [0.717, 1.165) is 34.3 Å². The van der Waals surface area contributed by atoms with Gasteiger partial charge in [-0.3, -0.25) is 4.79 Å². The van der Waals surface area contributed by atoms with Crippen LogP contribution in [0, 0.1) is 5.92 Å². The van der Waals surface area contributed by atoms with Crippen molar-refractivity contribution >= 4 is 21.8 Å². The van der Waals surface area contributed by atoms with Crippen LogP contribution in [0.2, 0.25) is 0 Å². The summed E-state index contributed by atoms with van der Waals surface area (Å²) in [5.74, 6) is 0.142. The minimum Gasteiger partial charge on any atom is -0.354 e. The summed E-state index contributed by atoms with van der Waals surface area (Å²) in [7, 11) is -0.821. The minimum absolute atomic E-state index is 0.227. The Bertz CT molecular complexity index is 618. The second kappa shape index (κ2) is 10.4. The second-order valence-electron chi connectivity index (χ2n) is 6.35. The Morgan fingerprint density at radius 3 is 2.32 bits per heavy atom. The van der Waals surface area contributed by atoms with Crippen LogP contribution in [0.3, 0.4) is 0 Å². The molecule has 0 saturated carbocycles. The van der Waals surface area contributed by atoms with E-state index in [2.05, 4.69) is 19.2 Å². The van der Waals surface area contributed by atoms with Gasteiger partial charge in [0.05, 0.1) is 5.69 Å². The van der Waals surface area contributed by atoms with Crippen LogP contribution in [0.5, 0.6) is 0 Å². The lowest BCUT2D eigenvalue weighted by Crippen LogP contribution is -2.46. The Labute approximate surface area is 152 Å². The summed E-state index contributed by atoms with van der Waals surface area (Å²) in [6, 6.07) is 8.69. The van der Waals surface area contributed by atoms with Gasteiger partial charge in [-0.2, -0.15) is 12.7 Å². The Hall–Kier alpha value is -1.60. The van der Waals surface area contributed by atoms with Crippen LogP contribution >= 0.6 is 0 Å². The lowest BCUT2D eigenvalue weighted by molar-refractivity contribution is -0.119. The molecule has 0 saturated heterocycles. The number of para-hydroxylation sites is 1. The molecule has 0 heterocycles. The van der Waals surface area contributed by atoms with Gasteiger partial charge in [-0.15, -0.1) is 0 Å². The standard InChI is InChI=1S/C18H31N3O3S/c1-5-7-11-16(6-2)14-19-18(22)15-21(25(23,24)20(3)4)17-12-9-8-10-13-17/h8-10,12-13,16H,5-7,11,14-15H2,1-4H3,(H,19,22). The van der Waals surface area contributed by atoms with Crippen LogP contribution in [0.1, 0.15) is 39.5 Å². The molecule has 0 spiro atoms. The third-order valence-corrected chi connectivity index (χ3v) is 6.02. The van der Waals surface area contributed by atoms with E-state index in [-0.39, 0.29) is 12.5 Å². The first-order valence-electron chi connectivity index (χ1n) is 8.84. The van der Waals surface area contributed by atoms with Gasteiger partial charge in [0, 0.05) is 20.6 Å². The number of anilines is 1. The first-order valence-corrected chi connectivity index (χ1v) is 10.2. The molecule has 0 aromatic heterocycles. The lowest BCUT2D eigenvalue weighted by atomic mass is 9.99. The maximum Gasteiger partial charge on any atom is 0.304 e. The van der Waals surface area contributed by atoms with Gasteiger partial charge in [-0.1, -0.05) is 51.3 Å². The molecule has 1 amide bonds. The molecule has 1 unspecified atom stereocenters. The number of unbranched alkanes of at least 4 members (excludes halogenated alkanes) is 1. The zero-order valence-corrected chi connectivity index (χ0v) is 16.6. The number of hydrogen-bond donors (Lipinski definition) is 1. The van der Waals surface area contributed by atoms with Crippen LogP contribution in [-0.4, -0.2) is 45.8 Å². The van der Waals surface area contributed by atoms with Crippen molar-refractivity contribution in [1.29, 1.82) is 0 Å². The van der Waals surface area contributed by atoms with Gasteiger partial charge in [0.1, 0.15) is 6.54 Å². The molecule has 0 fully saturated rings. The smallest absolute Gasteiger partial charge is 0.304 e. The van der Waals surface area contributed by atoms with Gasteiger partial charge in [0.2, 0.25) is 5.91 Å². The van der Waals surface area contributed by atoms with E-state index in [1.807, 2.05) is 6.07 Å². The summed E-state index contributed by atoms with van der Waals surface area (Å²) >= 11 is 0. The van der Waals surface area contributed by atoms with Gasteiger partial charge in [-0.05, 0) is 24.5 Å². The third kappa shape index (κ3) is 6.66. The third-order valence-electron chi connectivity index (χ3n) is 4.20. The maximum atomic E-state index is 12.6. The van der Waals surface area contributed by atoms with Crippen molar-refractivity contribution in [3.8, 4) is 0 Å². The monoisotopic (exact) mass is 369 g/mol. The van der Waals surface area contributed by atoms with E-state index < -0.39 is 10.2 Å². The van der Waals surface area contributed by atoms with Gasteiger partial charge in [-0.25, -0.2) is 4.31 Å². The number of benzene rings is 1. The van der Waals surface area contributed by atoms with E-state index in [1.54, 1.807) is 24.3 Å². The summed E-state index contributed by atoms with van der Waals surface area (Å²) in [6.45, 7) is 4.61. The molecule has 0 aliphatic heterocycles. The number of hydrogen-bond acceptors (Lipinski definition) is 3. The van der Waals surface area contributed by atoms with Crippen molar-refractivity contribution < 1.29 is 13.2 Å². The number of nitrogens with one attached hydrogen (secondary N) is 1. The Morgan fingerprint density at radius 1 is 1.16 bits per heavy atom. The molecule has 0 radical (unpaired) electrons. The normalized spacial score (nSPS) is 12.8. The van der Waals surface area contributed by atoms with Crippen molar-refractivity contribution in [1.82, 2.24) is 9.62 Å². The number of carbonyl (C=O) groups is 1. The highest BCUT2D eigenvalue weighted by molar-refractivity contribution is 7.90. The maximum absolute atomic E-state index is 12.6. The summed E-state index contributed by atoms with van der Waals surface area (Å²) in [4.78, 5) is 12.4. The van der Waals surface area contributed by atoms with Gasteiger partial charge < -0.3 is 5.32 Å². The largest absolute Gasteiger partial charge is 0.354 e. The summed E-state index contributed by atoms with van der Waals surface area (Å²) in [5.41, 5.74) is 0.476. The van der Waals surface area contributed by atoms with Gasteiger partial charge in [0.15, 0.2) is 0 Å². The molecule has 6 nitrogen and oxygen atoms in total. The SMILES string of the molecule is CCCCC(CC)CNC(=O)CN(c1ccccc1)S(=O)(=O)N(C)C. The van der Waals surface area contributed by atoms with Crippen molar-refractivity contribution in [3.63, 3.8) is 0 Å². The molecule has 1 rings (SSSR count). The van der Waals surface area contributed by atoms with E-state index in [1.165, 1.54) is 14.1 Å². The number of carbonyl (C=O) groups excluding carboxylic acids is 1. The predicted molar refractivity (Wildman–Crippen MR) is 103 cm³/mol. The van der Waals surface area contributed by atoms with Crippen molar-refractivity contribution in [2.45, 2.75) is 39.5 Å². The topological polar surface area (TPSA) is 69.7 Å². The number of nitrogens with zero attached hydrogens (tertiary/aromatic N) is 2. The fourth-order valence-electron chi connectivity index (χ4n) is 2.49. The Balaban J connectivity index is 2.80. The van der Waals surface area contributed by atoms with E-state index in [4.69, 9.17) is 0 Å². The molecular weight excluding hydrogens is 338 g/mol. The lowest BCUT2D eigenvalue weighted by Gasteiger charge is -2.27. The zero-order chi connectivity index (χ0) is 18.9. The first-order chi connectivity index (χ1) is 11.8. The van der Waals surface area contributed by atoms with Crippen LogP contribution < -0.4 is 9.62 Å². The molecule has 7 heteroatoms. The fourth-order valence-corrected chi connectivity index (χ4v) is 3.55. The van der Waals surface area contributed by atoms with E-state index in [0.29, 0.717) is 18.2 Å². The first kappa shape index (κ1) is 21.4. The fraction of sp³-hybridized carbons (Fsp3) is 0.611. The molecule has 1 aromatic carbocycles. The molecule has 25 heavy (non-hydrogen) atoms. The van der Waals surface area contributed by atoms with Crippen LogP contribution in [0.4, 0.5) is 5.69 Å². The van der Waals surface area contributed by atoms with E-state index in [9.17, 15) is 13.2 Å². The average molecular weight is 370 g/mol. The van der Waals surface area contributed by atoms with Crippen molar-refractivity contribution in [2.24, 2.45) is 5.92 Å². The van der Waals surface area contributed by atoms with E-state index >= 15 is 0 Å². The summed E-state index contributed by atoms with van der Waals surface area (Å²) in [6.07, 6.45) is 4.34. The Kier molecular flexibility index (Phi) is 8.92. The quantitative estimate of drug-likeness (QED) is 0.652. The predicted octanol–water partition coefficient (Wildman–Crippen LogP) is 2.63. The molecule has 0 aliphatic rings. The highest BCUT2D eigenvalue weighted by Crippen LogP contribution is 2.18. The van der Waals surface area contributed by atoms with Crippen LogP contribution in [0.25, 0.3) is 0 Å². The zero-order valence-electron chi connectivity index (χ0n) is 15.7. The van der Waals surface area contributed by atoms with Crippen molar-refractivity contribution in [3.05, 3.63) is 30.3 Å². The number of rotatable bonds is 11. The second-order valence-corrected chi connectivity index (χ2v) is 8.42. The molecule has 1 aromatic rings. The molecule has 0 aliphatic carbocycles. The summed E-state index contributed by atoms with van der Waals surface area (Å²) < 4.78 is 27.4. The number of amides is 1. The molecule has 142 valence electrons. The summed E-state index contributed by atoms with van der Waals surface area (Å²) in [5, 5.41) is 2.89.